The van der Waals surface area contributed by atoms with E-state index in [-0.39, 0.29) is 12.7 Å². The summed E-state index contributed by atoms with van der Waals surface area (Å²) in [5.74, 6) is 1.55. The van der Waals surface area contributed by atoms with Gasteiger partial charge in [0.1, 0.15) is 0 Å². The van der Waals surface area contributed by atoms with Gasteiger partial charge in [-0.05, 0) is 29.8 Å². The highest BCUT2D eigenvalue weighted by Gasteiger charge is 2.18. The van der Waals surface area contributed by atoms with E-state index < -0.39 is 0 Å². The third-order valence-electron chi connectivity index (χ3n) is 3.65. The van der Waals surface area contributed by atoms with Crippen LogP contribution in [0.1, 0.15) is 15.9 Å². The lowest BCUT2D eigenvalue weighted by Gasteiger charge is -2.18. The molecule has 0 unspecified atom stereocenters. The SMILES string of the molecule is COc1c(Cl)cc(C(=O)N(C)Cc2ccc3c(c2)OCO3)cc1Cl. The first-order valence-corrected chi connectivity index (χ1v) is 7.92. The normalized spacial score (nSPS) is 12.2. The number of benzene rings is 2. The van der Waals surface area contributed by atoms with Crippen molar-refractivity contribution < 1.29 is 19.0 Å². The Kier molecular flexibility index (Phi) is 4.73. The van der Waals surface area contributed by atoms with Gasteiger partial charge in [0.25, 0.3) is 5.91 Å². The van der Waals surface area contributed by atoms with Crippen LogP contribution in [0, 0.1) is 0 Å². The number of halogens is 2. The fourth-order valence-electron chi connectivity index (χ4n) is 2.48. The predicted octanol–water partition coefficient (Wildman–Crippen LogP) is 4.00. The summed E-state index contributed by atoms with van der Waals surface area (Å²) in [5, 5.41) is 0.592. The molecule has 126 valence electrons. The summed E-state index contributed by atoms with van der Waals surface area (Å²) in [4.78, 5) is 14.2. The molecule has 0 saturated heterocycles. The molecule has 1 aliphatic rings. The zero-order chi connectivity index (χ0) is 17.3. The number of nitrogens with zero attached hydrogens (tertiary/aromatic N) is 1. The lowest BCUT2D eigenvalue weighted by Crippen LogP contribution is -2.26. The number of hydrogen-bond acceptors (Lipinski definition) is 4. The first-order valence-electron chi connectivity index (χ1n) is 7.16. The van der Waals surface area contributed by atoms with Crippen molar-refractivity contribution in [1.82, 2.24) is 4.90 Å². The lowest BCUT2D eigenvalue weighted by atomic mass is 10.1. The Labute approximate surface area is 149 Å². The van der Waals surface area contributed by atoms with Crippen LogP contribution in [0.25, 0.3) is 0 Å². The Balaban J connectivity index is 1.77. The number of ether oxygens (including phenoxy) is 3. The second kappa shape index (κ2) is 6.79. The highest BCUT2D eigenvalue weighted by atomic mass is 35.5. The van der Waals surface area contributed by atoms with Gasteiger partial charge in [0.15, 0.2) is 17.2 Å². The largest absolute Gasteiger partial charge is 0.494 e. The van der Waals surface area contributed by atoms with Crippen LogP contribution in [0.2, 0.25) is 10.0 Å². The van der Waals surface area contributed by atoms with Gasteiger partial charge in [-0.1, -0.05) is 29.3 Å². The van der Waals surface area contributed by atoms with E-state index in [0.29, 0.717) is 39.4 Å². The van der Waals surface area contributed by atoms with Gasteiger partial charge >= 0.3 is 0 Å². The highest BCUT2D eigenvalue weighted by Crippen LogP contribution is 2.35. The fourth-order valence-corrected chi connectivity index (χ4v) is 3.13. The zero-order valence-electron chi connectivity index (χ0n) is 13.1. The van der Waals surface area contributed by atoms with Gasteiger partial charge in [-0.2, -0.15) is 0 Å². The molecular formula is C17H15Cl2NO4. The van der Waals surface area contributed by atoms with E-state index in [1.807, 2.05) is 18.2 Å². The Morgan fingerprint density at radius 1 is 1.17 bits per heavy atom. The smallest absolute Gasteiger partial charge is 0.254 e. The third-order valence-corrected chi connectivity index (χ3v) is 4.21. The van der Waals surface area contributed by atoms with Gasteiger partial charge in [0, 0.05) is 19.2 Å². The monoisotopic (exact) mass is 367 g/mol. The zero-order valence-corrected chi connectivity index (χ0v) is 14.6. The molecule has 1 heterocycles. The summed E-state index contributed by atoms with van der Waals surface area (Å²) >= 11 is 12.2. The average Bonchev–Trinajstić information content (AvgIpc) is 3.01. The number of carbonyl (C=O) groups is 1. The van der Waals surface area contributed by atoms with E-state index in [9.17, 15) is 4.79 Å². The number of rotatable bonds is 4. The Morgan fingerprint density at radius 2 is 1.83 bits per heavy atom. The number of hydrogen-bond donors (Lipinski definition) is 0. The predicted molar refractivity (Wildman–Crippen MR) is 91.4 cm³/mol. The van der Waals surface area contributed by atoms with E-state index in [2.05, 4.69) is 0 Å². The lowest BCUT2D eigenvalue weighted by molar-refractivity contribution is 0.0785. The molecule has 3 rings (SSSR count). The molecule has 0 bridgehead atoms. The van der Waals surface area contributed by atoms with Crippen molar-refractivity contribution in [2.75, 3.05) is 21.0 Å². The average molecular weight is 368 g/mol. The molecule has 5 nitrogen and oxygen atoms in total. The van der Waals surface area contributed by atoms with E-state index >= 15 is 0 Å². The first kappa shape index (κ1) is 16.7. The van der Waals surface area contributed by atoms with Crippen molar-refractivity contribution in [1.29, 1.82) is 0 Å². The summed E-state index contributed by atoms with van der Waals surface area (Å²) in [7, 11) is 3.18. The van der Waals surface area contributed by atoms with Gasteiger partial charge in [-0.15, -0.1) is 0 Å². The summed E-state index contributed by atoms with van der Waals surface area (Å²) in [6, 6.07) is 8.68. The van der Waals surface area contributed by atoms with Crippen molar-refractivity contribution in [3.05, 3.63) is 51.5 Å². The summed E-state index contributed by atoms with van der Waals surface area (Å²) in [5.41, 5.74) is 1.33. The van der Waals surface area contributed by atoms with Crippen molar-refractivity contribution in [3.63, 3.8) is 0 Å². The maximum absolute atomic E-state index is 12.6. The van der Waals surface area contributed by atoms with Gasteiger partial charge < -0.3 is 19.1 Å². The molecule has 1 aliphatic heterocycles. The minimum Gasteiger partial charge on any atom is -0.494 e. The molecule has 0 radical (unpaired) electrons. The minimum atomic E-state index is -0.195. The van der Waals surface area contributed by atoms with Crippen molar-refractivity contribution in [2.45, 2.75) is 6.54 Å². The van der Waals surface area contributed by atoms with E-state index in [0.717, 1.165) is 5.56 Å². The van der Waals surface area contributed by atoms with Crippen molar-refractivity contribution >= 4 is 29.1 Å². The van der Waals surface area contributed by atoms with Crippen LogP contribution in [0.15, 0.2) is 30.3 Å². The molecule has 2 aromatic carbocycles. The molecule has 24 heavy (non-hydrogen) atoms. The summed E-state index contributed by atoms with van der Waals surface area (Å²) < 4.78 is 15.7. The summed E-state index contributed by atoms with van der Waals surface area (Å²) in [6.07, 6.45) is 0. The fraction of sp³-hybridized carbons (Fsp3) is 0.235. The molecule has 2 aromatic rings. The number of amides is 1. The Hall–Kier alpha value is -2.11. The molecule has 0 N–H and O–H groups in total. The number of fused-ring (bicyclic) bond motifs is 1. The topological polar surface area (TPSA) is 48.0 Å². The van der Waals surface area contributed by atoms with Gasteiger partial charge in [-0.25, -0.2) is 0 Å². The second-order valence-electron chi connectivity index (χ2n) is 5.32. The number of methoxy groups -OCH3 is 1. The van der Waals surface area contributed by atoms with E-state index in [4.69, 9.17) is 37.4 Å². The van der Waals surface area contributed by atoms with Crippen LogP contribution in [-0.2, 0) is 6.54 Å². The van der Waals surface area contributed by atoms with Crippen LogP contribution in [-0.4, -0.2) is 31.8 Å². The van der Waals surface area contributed by atoms with Crippen LogP contribution < -0.4 is 14.2 Å². The quantitative estimate of drug-likeness (QED) is 0.819. The second-order valence-corrected chi connectivity index (χ2v) is 6.14. The van der Waals surface area contributed by atoms with Gasteiger partial charge in [0.2, 0.25) is 6.79 Å². The van der Waals surface area contributed by atoms with Crippen molar-refractivity contribution in [2.24, 2.45) is 0 Å². The molecule has 0 aliphatic carbocycles. The Bertz CT molecular complexity index is 771. The van der Waals surface area contributed by atoms with Crippen LogP contribution in [0.3, 0.4) is 0 Å². The molecular weight excluding hydrogens is 353 g/mol. The molecule has 0 atom stereocenters. The maximum atomic E-state index is 12.6. The third kappa shape index (κ3) is 3.23. The first-order chi connectivity index (χ1) is 11.5. The molecule has 7 heteroatoms. The Morgan fingerprint density at radius 3 is 2.50 bits per heavy atom. The van der Waals surface area contributed by atoms with Gasteiger partial charge in [-0.3, -0.25) is 4.79 Å². The van der Waals surface area contributed by atoms with Crippen molar-refractivity contribution in [3.8, 4) is 17.2 Å². The minimum absolute atomic E-state index is 0.195. The van der Waals surface area contributed by atoms with Gasteiger partial charge in [0.05, 0.1) is 17.2 Å². The number of carbonyl (C=O) groups excluding carboxylic acids is 1. The van der Waals surface area contributed by atoms with Crippen LogP contribution >= 0.6 is 23.2 Å². The maximum Gasteiger partial charge on any atom is 0.254 e. The van der Waals surface area contributed by atoms with E-state index in [1.54, 1.807) is 24.1 Å². The molecule has 0 aromatic heterocycles. The highest BCUT2D eigenvalue weighted by molar-refractivity contribution is 6.37. The standard InChI is InChI=1S/C17H15Cl2NO4/c1-20(8-10-3-4-14-15(5-10)24-9-23-14)17(21)11-6-12(18)16(22-2)13(19)7-11/h3-7H,8-9H2,1-2H3. The molecule has 0 fully saturated rings. The van der Waals surface area contributed by atoms with E-state index in [1.165, 1.54) is 7.11 Å². The molecule has 0 spiro atoms. The molecule has 0 saturated carbocycles. The van der Waals surface area contributed by atoms with Crippen LogP contribution in [0.5, 0.6) is 17.2 Å². The summed E-state index contributed by atoms with van der Waals surface area (Å²) in [6.45, 7) is 0.632. The van der Waals surface area contributed by atoms with Crippen LogP contribution in [0.4, 0.5) is 0 Å². The molecule has 1 amide bonds.